The predicted molar refractivity (Wildman–Crippen MR) is 42.2 cm³/mol. The Morgan fingerprint density at radius 3 is 2.58 bits per heavy atom. The molecular formula is C9H7F2N. The van der Waals surface area contributed by atoms with Crippen LogP contribution in [0.1, 0.15) is 11.1 Å². The lowest BCUT2D eigenvalue weighted by Gasteiger charge is -1.98. The highest BCUT2D eigenvalue weighted by atomic mass is 19.2. The topological polar surface area (TPSA) is 26.0 Å². The van der Waals surface area contributed by atoms with E-state index in [1.54, 1.807) is 6.08 Å². The third-order valence-electron chi connectivity index (χ3n) is 1.92. The zero-order valence-electron chi connectivity index (χ0n) is 6.27. The van der Waals surface area contributed by atoms with Crippen molar-refractivity contribution in [2.45, 2.75) is 6.42 Å². The Kier molecular flexibility index (Phi) is 1.40. The van der Waals surface area contributed by atoms with Crippen LogP contribution in [-0.2, 0) is 6.42 Å². The maximum atomic E-state index is 12.7. The average molecular weight is 167 g/mol. The number of benzene rings is 1. The smallest absolute Gasteiger partial charge is 0.159 e. The molecule has 2 rings (SSSR count). The number of fused-ring (bicyclic) bond motifs is 1. The summed E-state index contributed by atoms with van der Waals surface area (Å²) in [6.07, 6.45) is 2.18. The van der Waals surface area contributed by atoms with Gasteiger partial charge in [-0.3, -0.25) is 0 Å². The standard InChI is InChI=1S/C9H7F2N/c10-8-3-5-1-7(12)2-6(5)4-9(8)11/h1,3-4H,2,12H2. The van der Waals surface area contributed by atoms with Gasteiger partial charge in [0.1, 0.15) is 0 Å². The van der Waals surface area contributed by atoms with E-state index in [0.29, 0.717) is 17.7 Å². The Balaban J connectivity index is 2.57. The van der Waals surface area contributed by atoms with Crippen LogP contribution in [0.15, 0.2) is 17.8 Å². The maximum Gasteiger partial charge on any atom is 0.159 e. The van der Waals surface area contributed by atoms with E-state index >= 15 is 0 Å². The van der Waals surface area contributed by atoms with Gasteiger partial charge in [0.2, 0.25) is 0 Å². The molecule has 0 saturated carbocycles. The molecule has 0 atom stereocenters. The number of nitrogens with two attached hydrogens (primary N) is 1. The first-order chi connectivity index (χ1) is 5.66. The second kappa shape index (κ2) is 2.30. The van der Waals surface area contributed by atoms with Gasteiger partial charge in [0.15, 0.2) is 11.6 Å². The molecule has 1 aromatic rings. The molecule has 0 amide bonds. The van der Waals surface area contributed by atoms with Crippen LogP contribution in [0, 0.1) is 11.6 Å². The molecule has 3 heteroatoms. The first-order valence-electron chi connectivity index (χ1n) is 3.61. The molecular weight excluding hydrogens is 160 g/mol. The Labute approximate surface area is 68.5 Å². The zero-order chi connectivity index (χ0) is 8.72. The summed E-state index contributed by atoms with van der Waals surface area (Å²) in [4.78, 5) is 0. The number of allylic oxidation sites excluding steroid dienone is 1. The molecule has 2 N–H and O–H groups in total. The van der Waals surface area contributed by atoms with Gasteiger partial charge in [-0.1, -0.05) is 0 Å². The molecule has 1 aromatic carbocycles. The summed E-state index contributed by atoms with van der Waals surface area (Å²) in [6.45, 7) is 0. The van der Waals surface area contributed by atoms with Crippen LogP contribution in [0.3, 0.4) is 0 Å². The molecule has 1 aliphatic rings. The highest BCUT2D eigenvalue weighted by Crippen LogP contribution is 2.24. The molecule has 0 aliphatic heterocycles. The first-order valence-corrected chi connectivity index (χ1v) is 3.61. The molecule has 0 heterocycles. The third-order valence-corrected chi connectivity index (χ3v) is 1.92. The van der Waals surface area contributed by atoms with Crippen molar-refractivity contribution in [3.05, 3.63) is 40.6 Å². The van der Waals surface area contributed by atoms with Gasteiger partial charge in [-0.05, 0) is 29.3 Å². The molecule has 1 nitrogen and oxygen atoms in total. The van der Waals surface area contributed by atoms with E-state index < -0.39 is 11.6 Å². The normalized spacial score (nSPS) is 14.3. The van der Waals surface area contributed by atoms with Crippen molar-refractivity contribution in [2.75, 3.05) is 0 Å². The SMILES string of the molecule is NC1=Cc2cc(F)c(F)cc2C1. The highest BCUT2D eigenvalue weighted by molar-refractivity contribution is 5.62. The van der Waals surface area contributed by atoms with Gasteiger partial charge in [0.25, 0.3) is 0 Å². The first kappa shape index (κ1) is 7.28. The minimum absolute atomic E-state index is 0.520. The zero-order valence-corrected chi connectivity index (χ0v) is 6.27. The van der Waals surface area contributed by atoms with E-state index in [0.717, 1.165) is 5.56 Å². The quantitative estimate of drug-likeness (QED) is 0.626. The van der Waals surface area contributed by atoms with Crippen molar-refractivity contribution in [1.29, 1.82) is 0 Å². The van der Waals surface area contributed by atoms with Crippen LogP contribution in [0.2, 0.25) is 0 Å². The van der Waals surface area contributed by atoms with Crippen LogP contribution < -0.4 is 5.73 Å². The predicted octanol–water partition coefficient (Wildman–Crippen LogP) is 1.82. The summed E-state index contributed by atoms with van der Waals surface area (Å²) in [5.41, 5.74) is 7.59. The lowest BCUT2D eigenvalue weighted by Crippen LogP contribution is -1.95. The van der Waals surface area contributed by atoms with Gasteiger partial charge in [-0.15, -0.1) is 0 Å². The number of hydrogen-bond donors (Lipinski definition) is 1. The number of halogens is 2. The van der Waals surface area contributed by atoms with Crippen molar-refractivity contribution in [2.24, 2.45) is 5.73 Å². The number of rotatable bonds is 0. The Morgan fingerprint density at radius 2 is 1.83 bits per heavy atom. The molecule has 62 valence electrons. The summed E-state index contributed by atoms with van der Waals surface area (Å²) in [6, 6.07) is 2.37. The summed E-state index contributed by atoms with van der Waals surface area (Å²) < 4.78 is 25.3. The lowest BCUT2D eigenvalue weighted by molar-refractivity contribution is 0.507. The fraction of sp³-hybridized carbons (Fsp3) is 0.111. The third kappa shape index (κ3) is 0.978. The molecule has 0 radical (unpaired) electrons. The Bertz CT molecular complexity index is 369. The fourth-order valence-electron chi connectivity index (χ4n) is 1.36. The van der Waals surface area contributed by atoms with Crippen molar-refractivity contribution >= 4 is 6.08 Å². The van der Waals surface area contributed by atoms with E-state index in [1.165, 1.54) is 12.1 Å². The van der Waals surface area contributed by atoms with Crippen molar-refractivity contribution in [3.8, 4) is 0 Å². The van der Waals surface area contributed by atoms with Crippen LogP contribution in [0.25, 0.3) is 6.08 Å². The minimum atomic E-state index is -0.820. The van der Waals surface area contributed by atoms with Gasteiger partial charge in [-0.25, -0.2) is 8.78 Å². The summed E-state index contributed by atoms with van der Waals surface area (Å²) in [7, 11) is 0. The molecule has 0 aromatic heterocycles. The van der Waals surface area contributed by atoms with E-state index in [9.17, 15) is 8.78 Å². The van der Waals surface area contributed by atoms with Gasteiger partial charge in [0.05, 0.1) is 0 Å². The van der Waals surface area contributed by atoms with Gasteiger partial charge in [0, 0.05) is 12.1 Å². The second-order valence-corrected chi connectivity index (χ2v) is 2.86. The Hall–Kier alpha value is -1.38. The van der Waals surface area contributed by atoms with E-state index in [1.807, 2.05) is 0 Å². The van der Waals surface area contributed by atoms with Gasteiger partial charge < -0.3 is 5.73 Å². The summed E-state index contributed by atoms with van der Waals surface area (Å²) in [5, 5.41) is 0. The summed E-state index contributed by atoms with van der Waals surface area (Å²) in [5.74, 6) is -1.63. The maximum absolute atomic E-state index is 12.7. The van der Waals surface area contributed by atoms with Crippen molar-refractivity contribution in [3.63, 3.8) is 0 Å². The molecule has 12 heavy (non-hydrogen) atoms. The van der Waals surface area contributed by atoms with Gasteiger partial charge in [-0.2, -0.15) is 0 Å². The molecule has 0 unspecified atom stereocenters. The van der Waals surface area contributed by atoms with Gasteiger partial charge >= 0.3 is 0 Å². The molecule has 0 fully saturated rings. The van der Waals surface area contributed by atoms with Crippen molar-refractivity contribution < 1.29 is 8.78 Å². The van der Waals surface area contributed by atoms with E-state index in [2.05, 4.69) is 0 Å². The lowest BCUT2D eigenvalue weighted by atomic mass is 10.1. The Morgan fingerprint density at radius 1 is 1.17 bits per heavy atom. The molecule has 0 spiro atoms. The second-order valence-electron chi connectivity index (χ2n) is 2.86. The van der Waals surface area contributed by atoms with Crippen LogP contribution in [0.4, 0.5) is 8.78 Å². The van der Waals surface area contributed by atoms with E-state index in [-0.39, 0.29) is 0 Å². The monoisotopic (exact) mass is 167 g/mol. The molecule has 0 saturated heterocycles. The fourth-order valence-corrected chi connectivity index (χ4v) is 1.36. The molecule has 0 bridgehead atoms. The average Bonchev–Trinajstić information content (AvgIpc) is 2.30. The van der Waals surface area contributed by atoms with Crippen LogP contribution in [0.5, 0.6) is 0 Å². The highest BCUT2D eigenvalue weighted by Gasteiger charge is 2.13. The van der Waals surface area contributed by atoms with Crippen LogP contribution >= 0.6 is 0 Å². The van der Waals surface area contributed by atoms with Crippen LogP contribution in [-0.4, -0.2) is 0 Å². The minimum Gasteiger partial charge on any atom is -0.402 e. The van der Waals surface area contributed by atoms with E-state index in [4.69, 9.17) is 5.73 Å². The largest absolute Gasteiger partial charge is 0.402 e. The molecule has 1 aliphatic carbocycles. The number of hydrogen-bond acceptors (Lipinski definition) is 1. The van der Waals surface area contributed by atoms with Crippen molar-refractivity contribution in [1.82, 2.24) is 0 Å². The summed E-state index contributed by atoms with van der Waals surface area (Å²) >= 11 is 0.